The maximum absolute atomic E-state index is 6.06. The molecule has 0 aliphatic rings. The lowest BCUT2D eigenvalue weighted by Crippen LogP contribution is -2.09. The number of pyridine rings is 1. The van der Waals surface area contributed by atoms with Gasteiger partial charge in [-0.25, -0.2) is 4.68 Å². The summed E-state index contributed by atoms with van der Waals surface area (Å²) in [5.74, 6) is 0.903. The average molecular weight is 259 g/mol. The normalized spacial score (nSPS) is 10.7. The molecule has 102 valence electrons. The van der Waals surface area contributed by atoms with Crippen LogP contribution in [-0.4, -0.2) is 14.8 Å². The predicted octanol–water partition coefficient (Wildman–Crippen LogP) is 2.50. The number of hydrogen-bond acceptors (Lipinski definition) is 4. The second kappa shape index (κ2) is 5.73. The molecule has 0 aromatic carbocycles. The van der Waals surface area contributed by atoms with Crippen LogP contribution in [-0.2, 0) is 13.1 Å². The Balaban J connectivity index is 2.12. The smallest absolute Gasteiger partial charge is 0.148 e. The lowest BCUT2D eigenvalue weighted by atomic mass is 10.2. The van der Waals surface area contributed by atoms with Crippen LogP contribution < -0.4 is 11.1 Å². The highest BCUT2D eigenvalue weighted by Crippen LogP contribution is 2.23. The first-order chi connectivity index (χ1) is 9.11. The van der Waals surface area contributed by atoms with Gasteiger partial charge in [0.15, 0.2) is 0 Å². The molecule has 0 aliphatic carbocycles. The molecule has 0 saturated heterocycles. The molecule has 5 heteroatoms. The summed E-state index contributed by atoms with van der Waals surface area (Å²) in [5, 5.41) is 7.80. The van der Waals surface area contributed by atoms with Crippen molar-refractivity contribution in [2.45, 2.75) is 40.3 Å². The summed E-state index contributed by atoms with van der Waals surface area (Å²) in [6.45, 7) is 7.61. The van der Waals surface area contributed by atoms with Gasteiger partial charge in [-0.3, -0.25) is 4.98 Å². The monoisotopic (exact) mass is 259 g/mol. The van der Waals surface area contributed by atoms with E-state index in [9.17, 15) is 0 Å². The summed E-state index contributed by atoms with van der Waals surface area (Å²) >= 11 is 0. The van der Waals surface area contributed by atoms with E-state index in [1.165, 1.54) is 0 Å². The van der Waals surface area contributed by atoms with Crippen molar-refractivity contribution in [2.75, 3.05) is 11.1 Å². The molecule has 0 spiro atoms. The Labute approximate surface area is 113 Å². The van der Waals surface area contributed by atoms with Crippen LogP contribution in [0.1, 0.15) is 30.3 Å². The van der Waals surface area contributed by atoms with Crippen molar-refractivity contribution in [1.29, 1.82) is 0 Å². The third kappa shape index (κ3) is 3.05. The quantitative estimate of drug-likeness (QED) is 0.865. The highest BCUT2D eigenvalue weighted by Gasteiger charge is 2.11. The zero-order chi connectivity index (χ0) is 13.8. The molecule has 0 saturated carbocycles. The van der Waals surface area contributed by atoms with E-state index in [2.05, 4.69) is 28.4 Å². The summed E-state index contributed by atoms with van der Waals surface area (Å²) < 4.78 is 1.94. The molecule has 2 aromatic rings. The molecule has 2 rings (SSSR count). The highest BCUT2D eigenvalue weighted by molar-refractivity contribution is 5.64. The van der Waals surface area contributed by atoms with Gasteiger partial charge in [-0.1, -0.05) is 13.0 Å². The number of nitrogen functional groups attached to an aromatic ring is 1. The van der Waals surface area contributed by atoms with Gasteiger partial charge in [-0.15, -0.1) is 0 Å². The minimum absolute atomic E-state index is 0.701. The van der Waals surface area contributed by atoms with Crippen LogP contribution in [0.4, 0.5) is 11.5 Å². The van der Waals surface area contributed by atoms with Gasteiger partial charge in [-0.05, 0) is 31.9 Å². The first kappa shape index (κ1) is 13.4. The Bertz CT molecular complexity index is 542. The molecule has 0 aliphatic heterocycles. The number of nitrogens with two attached hydrogens (primary N) is 1. The van der Waals surface area contributed by atoms with Crippen molar-refractivity contribution < 1.29 is 0 Å². The predicted molar refractivity (Wildman–Crippen MR) is 78.0 cm³/mol. The summed E-state index contributed by atoms with van der Waals surface area (Å²) in [4.78, 5) is 4.28. The summed E-state index contributed by atoms with van der Waals surface area (Å²) in [7, 11) is 0. The summed E-state index contributed by atoms with van der Waals surface area (Å²) in [6, 6.07) is 4.08. The second-order valence-corrected chi connectivity index (χ2v) is 4.73. The topological polar surface area (TPSA) is 68.8 Å². The molecule has 0 amide bonds. The van der Waals surface area contributed by atoms with Crippen LogP contribution in [0.5, 0.6) is 0 Å². The average Bonchev–Trinajstić information content (AvgIpc) is 2.65. The van der Waals surface area contributed by atoms with E-state index >= 15 is 0 Å². The number of aryl methyl sites for hydroxylation is 3. The maximum Gasteiger partial charge on any atom is 0.148 e. The van der Waals surface area contributed by atoms with Crippen LogP contribution in [0, 0.1) is 13.8 Å². The Morgan fingerprint density at radius 3 is 2.74 bits per heavy atom. The molecular weight excluding hydrogens is 238 g/mol. The molecule has 5 nitrogen and oxygen atoms in total. The summed E-state index contributed by atoms with van der Waals surface area (Å²) in [5.41, 5.74) is 9.82. The number of nitrogens with one attached hydrogen (secondary N) is 1. The fraction of sp³-hybridized carbons (Fsp3) is 0.429. The number of aromatic nitrogens is 3. The Morgan fingerprint density at radius 1 is 1.32 bits per heavy atom. The molecule has 0 atom stereocenters. The lowest BCUT2D eigenvalue weighted by molar-refractivity contribution is 0.602. The van der Waals surface area contributed by atoms with E-state index < -0.39 is 0 Å². The molecule has 0 radical (unpaired) electrons. The molecule has 0 bridgehead atoms. The summed E-state index contributed by atoms with van der Waals surface area (Å²) in [6.07, 6.45) is 2.91. The number of anilines is 2. The van der Waals surface area contributed by atoms with Gasteiger partial charge in [-0.2, -0.15) is 5.10 Å². The van der Waals surface area contributed by atoms with E-state index in [1.54, 1.807) is 0 Å². The van der Waals surface area contributed by atoms with Crippen molar-refractivity contribution >= 4 is 11.5 Å². The van der Waals surface area contributed by atoms with Gasteiger partial charge in [0.05, 0.1) is 11.4 Å². The van der Waals surface area contributed by atoms with Crippen molar-refractivity contribution in [3.63, 3.8) is 0 Å². The molecule has 0 unspecified atom stereocenters. The Kier molecular flexibility index (Phi) is 4.04. The van der Waals surface area contributed by atoms with Gasteiger partial charge in [0, 0.05) is 25.0 Å². The SMILES string of the molecule is CCCn1nc(C)c(N)c1NCc1ccc(C)nc1. The Hall–Kier alpha value is -2.04. The zero-order valence-corrected chi connectivity index (χ0v) is 11.8. The lowest BCUT2D eigenvalue weighted by Gasteiger charge is -2.10. The Morgan fingerprint density at radius 2 is 2.11 bits per heavy atom. The minimum atomic E-state index is 0.701. The molecule has 2 heterocycles. The molecule has 19 heavy (non-hydrogen) atoms. The molecule has 3 N–H and O–H groups in total. The molecule has 2 aromatic heterocycles. The van der Waals surface area contributed by atoms with Gasteiger partial charge < -0.3 is 11.1 Å². The first-order valence-corrected chi connectivity index (χ1v) is 6.60. The van der Waals surface area contributed by atoms with Crippen LogP contribution in [0.3, 0.4) is 0 Å². The van der Waals surface area contributed by atoms with Crippen LogP contribution in [0.2, 0.25) is 0 Å². The van der Waals surface area contributed by atoms with E-state index in [1.807, 2.05) is 30.8 Å². The zero-order valence-electron chi connectivity index (χ0n) is 11.8. The third-order valence-corrected chi connectivity index (χ3v) is 3.04. The standard InChI is InChI=1S/C14H21N5/c1-4-7-19-14(13(15)11(3)18-19)17-9-12-6-5-10(2)16-8-12/h5-6,8,17H,4,7,9,15H2,1-3H3. The van der Waals surface area contributed by atoms with E-state index in [-0.39, 0.29) is 0 Å². The van der Waals surface area contributed by atoms with Gasteiger partial charge in [0.25, 0.3) is 0 Å². The first-order valence-electron chi connectivity index (χ1n) is 6.60. The van der Waals surface area contributed by atoms with Crippen molar-refractivity contribution in [3.8, 4) is 0 Å². The van der Waals surface area contributed by atoms with Crippen LogP contribution in [0.25, 0.3) is 0 Å². The number of hydrogen-bond donors (Lipinski definition) is 2. The maximum atomic E-state index is 6.06. The number of nitrogens with zero attached hydrogens (tertiary/aromatic N) is 3. The van der Waals surface area contributed by atoms with E-state index in [4.69, 9.17) is 5.73 Å². The molecular formula is C14H21N5. The fourth-order valence-electron chi connectivity index (χ4n) is 1.94. The fourth-order valence-corrected chi connectivity index (χ4v) is 1.94. The van der Waals surface area contributed by atoms with Crippen molar-refractivity contribution in [2.24, 2.45) is 0 Å². The van der Waals surface area contributed by atoms with E-state index in [0.29, 0.717) is 6.54 Å². The van der Waals surface area contributed by atoms with Crippen LogP contribution in [0.15, 0.2) is 18.3 Å². The van der Waals surface area contributed by atoms with E-state index in [0.717, 1.165) is 41.4 Å². The van der Waals surface area contributed by atoms with Crippen molar-refractivity contribution in [3.05, 3.63) is 35.3 Å². The molecule has 0 fully saturated rings. The minimum Gasteiger partial charge on any atom is -0.394 e. The second-order valence-electron chi connectivity index (χ2n) is 4.73. The van der Waals surface area contributed by atoms with Crippen molar-refractivity contribution in [1.82, 2.24) is 14.8 Å². The van der Waals surface area contributed by atoms with Gasteiger partial charge >= 0.3 is 0 Å². The van der Waals surface area contributed by atoms with Gasteiger partial charge in [0.2, 0.25) is 0 Å². The third-order valence-electron chi connectivity index (χ3n) is 3.04. The van der Waals surface area contributed by atoms with Crippen LogP contribution >= 0.6 is 0 Å². The van der Waals surface area contributed by atoms with Gasteiger partial charge in [0.1, 0.15) is 5.82 Å². The highest BCUT2D eigenvalue weighted by atomic mass is 15.3. The number of rotatable bonds is 5. The largest absolute Gasteiger partial charge is 0.394 e.